The first-order valence-corrected chi connectivity index (χ1v) is 10.4. The smallest absolute Gasteiger partial charge is 0.308 e. The van der Waals surface area contributed by atoms with Gasteiger partial charge in [0.1, 0.15) is 30.3 Å². The number of halogens is 1. The summed E-state index contributed by atoms with van der Waals surface area (Å²) in [7, 11) is 0. The molecule has 3 heterocycles. The molecule has 0 aliphatic heterocycles. The number of fused-ring (bicyclic) bond motifs is 2. The molecular formula is C23H25FN4O4. The third kappa shape index (κ3) is 4.10. The van der Waals surface area contributed by atoms with Crippen LogP contribution in [0.4, 0.5) is 4.39 Å². The minimum Gasteiger partial charge on any atom is -0.488 e. The summed E-state index contributed by atoms with van der Waals surface area (Å²) in [5.74, 6) is -0.143. The number of benzene rings is 1. The van der Waals surface area contributed by atoms with Gasteiger partial charge in [-0.2, -0.15) is 10.1 Å². The minimum atomic E-state index is -0.468. The molecule has 4 rings (SSSR count). The zero-order chi connectivity index (χ0) is 23.0. The highest BCUT2D eigenvalue weighted by atomic mass is 19.1. The van der Waals surface area contributed by atoms with E-state index < -0.39 is 11.9 Å². The van der Waals surface area contributed by atoms with Crippen LogP contribution in [0.1, 0.15) is 32.0 Å². The van der Waals surface area contributed by atoms with Crippen LogP contribution in [-0.4, -0.2) is 38.3 Å². The van der Waals surface area contributed by atoms with E-state index in [-0.39, 0.29) is 30.1 Å². The van der Waals surface area contributed by atoms with E-state index in [0.29, 0.717) is 22.2 Å². The van der Waals surface area contributed by atoms with E-state index in [1.165, 1.54) is 6.33 Å². The Morgan fingerprint density at radius 3 is 2.75 bits per heavy atom. The fourth-order valence-electron chi connectivity index (χ4n) is 3.37. The lowest BCUT2D eigenvalue weighted by Gasteiger charge is -2.15. The molecule has 0 bridgehead atoms. The molecule has 0 radical (unpaired) electrons. The van der Waals surface area contributed by atoms with Crippen molar-refractivity contribution in [1.29, 1.82) is 0 Å². The summed E-state index contributed by atoms with van der Waals surface area (Å²) in [5.41, 5.74) is 2.83. The van der Waals surface area contributed by atoms with E-state index in [1.54, 1.807) is 49.7 Å². The number of carbonyl (C=O) groups is 1. The highest BCUT2D eigenvalue weighted by molar-refractivity contribution is 5.83. The minimum absolute atomic E-state index is 0.0642. The number of rotatable bonds is 7. The maximum Gasteiger partial charge on any atom is 0.308 e. The molecule has 0 fully saturated rings. The van der Waals surface area contributed by atoms with E-state index in [2.05, 4.69) is 15.1 Å². The molecule has 3 aromatic heterocycles. The Hall–Kier alpha value is -3.62. The van der Waals surface area contributed by atoms with E-state index in [1.807, 2.05) is 13.8 Å². The molecule has 0 aliphatic carbocycles. The SMILES string of the molecule is Cc1cc2c(F)c(Oc3ncnn4cc(OC[C@@H](C)OC(=O)C(C)C)c(C)c34)ccc2[nH]1. The largest absolute Gasteiger partial charge is 0.488 e. The number of hydrogen-bond donors (Lipinski definition) is 1. The van der Waals surface area contributed by atoms with Crippen molar-refractivity contribution in [1.82, 2.24) is 19.6 Å². The van der Waals surface area contributed by atoms with Gasteiger partial charge in [-0.15, -0.1) is 0 Å². The first-order valence-electron chi connectivity index (χ1n) is 10.4. The average Bonchev–Trinajstić information content (AvgIpc) is 3.29. The molecule has 1 N–H and O–H groups in total. The maximum atomic E-state index is 15.0. The molecule has 8 nitrogen and oxygen atoms in total. The Bertz CT molecular complexity index is 1290. The fraction of sp³-hybridized carbons (Fsp3) is 0.348. The number of ether oxygens (including phenoxy) is 3. The lowest BCUT2D eigenvalue weighted by Crippen LogP contribution is -2.24. The van der Waals surface area contributed by atoms with Crippen molar-refractivity contribution in [3.8, 4) is 17.4 Å². The molecule has 0 amide bonds. The molecule has 0 unspecified atom stereocenters. The van der Waals surface area contributed by atoms with Gasteiger partial charge < -0.3 is 19.2 Å². The summed E-state index contributed by atoms with van der Waals surface area (Å²) in [6, 6.07) is 5.06. The van der Waals surface area contributed by atoms with Gasteiger partial charge in [-0.05, 0) is 39.0 Å². The van der Waals surface area contributed by atoms with Crippen molar-refractivity contribution in [2.24, 2.45) is 5.92 Å². The van der Waals surface area contributed by atoms with Gasteiger partial charge in [-0.3, -0.25) is 4.79 Å². The van der Waals surface area contributed by atoms with Crippen LogP contribution in [0.25, 0.3) is 16.4 Å². The van der Waals surface area contributed by atoms with Gasteiger partial charge in [0, 0.05) is 22.2 Å². The zero-order valence-electron chi connectivity index (χ0n) is 18.6. The number of esters is 1. The molecule has 0 saturated carbocycles. The van der Waals surface area contributed by atoms with Crippen LogP contribution in [0.5, 0.6) is 17.4 Å². The summed E-state index contributed by atoms with van der Waals surface area (Å²) in [4.78, 5) is 19.1. The lowest BCUT2D eigenvalue weighted by atomic mass is 10.2. The van der Waals surface area contributed by atoms with Gasteiger partial charge >= 0.3 is 5.97 Å². The Kier molecular flexibility index (Phi) is 5.73. The molecule has 0 saturated heterocycles. The molecule has 1 atom stereocenters. The van der Waals surface area contributed by atoms with Gasteiger partial charge in [0.2, 0.25) is 5.88 Å². The molecule has 9 heteroatoms. The third-order valence-electron chi connectivity index (χ3n) is 5.05. The molecule has 32 heavy (non-hydrogen) atoms. The van der Waals surface area contributed by atoms with Crippen LogP contribution in [0, 0.1) is 25.6 Å². The second-order valence-corrected chi connectivity index (χ2v) is 8.08. The topological polar surface area (TPSA) is 90.7 Å². The van der Waals surface area contributed by atoms with Crippen molar-refractivity contribution < 1.29 is 23.4 Å². The molecule has 0 spiro atoms. The van der Waals surface area contributed by atoms with Gasteiger partial charge in [0.15, 0.2) is 11.6 Å². The summed E-state index contributed by atoms with van der Waals surface area (Å²) in [6.45, 7) is 9.20. The molecule has 1 aromatic carbocycles. The van der Waals surface area contributed by atoms with Crippen molar-refractivity contribution >= 4 is 22.4 Å². The highest BCUT2D eigenvalue weighted by Gasteiger charge is 2.19. The molecule has 168 valence electrons. The van der Waals surface area contributed by atoms with Crippen LogP contribution in [-0.2, 0) is 9.53 Å². The van der Waals surface area contributed by atoms with Crippen molar-refractivity contribution in [2.45, 2.75) is 40.7 Å². The Labute approximate surface area is 184 Å². The summed E-state index contributed by atoms with van der Waals surface area (Å²) in [6.07, 6.45) is 2.60. The fourth-order valence-corrected chi connectivity index (χ4v) is 3.37. The van der Waals surface area contributed by atoms with Gasteiger partial charge in [0.05, 0.1) is 12.1 Å². The number of nitrogens with one attached hydrogen (secondary N) is 1. The van der Waals surface area contributed by atoms with E-state index in [4.69, 9.17) is 14.2 Å². The van der Waals surface area contributed by atoms with E-state index >= 15 is 0 Å². The monoisotopic (exact) mass is 440 g/mol. The standard InChI is InChI=1S/C23H25FN4O4/c1-12(2)23(29)31-14(4)10-30-19-9-28-21(15(19)5)22(25-11-26-28)32-18-7-6-17-16(20(18)24)8-13(3)27-17/h6-9,11-12,14,27H,10H2,1-5H3/t14-/m1/s1. The highest BCUT2D eigenvalue weighted by Crippen LogP contribution is 2.34. The van der Waals surface area contributed by atoms with Crippen LogP contribution in [0.15, 0.2) is 30.7 Å². The number of carbonyl (C=O) groups excluding carboxylic acids is 1. The van der Waals surface area contributed by atoms with Crippen molar-refractivity contribution in [3.05, 3.63) is 47.8 Å². The van der Waals surface area contributed by atoms with Gasteiger partial charge in [0.25, 0.3) is 0 Å². The van der Waals surface area contributed by atoms with Gasteiger partial charge in [-0.25, -0.2) is 8.91 Å². The Morgan fingerprint density at radius 2 is 2.00 bits per heavy atom. The molecule has 0 aliphatic rings. The quantitative estimate of drug-likeness (QED) is 0.418. The lowest BCUT2D eigenvalue weighted by molar-refractivity contribution is -0.153. The first-order chi connectivity index (χ1) is 15.2. The van der Waals surface area contributed by atoms with E-state index in [0.717, 1.165) is 11.3 Å². The van der Waals surface area contributed by atoms with E-state index in [9.17, 15) is 9.18 Å². The predicted molar refractivity (Wildman–Crippen MR) is 117 cm³/mol. The Morgan fingerprint density at radius 1 is 1.22 bits per heavy atom. The van der Waals surface area contributed by atoms with Crippen LogP contribution in [0.3, 0.4) is 0 Å². The summed E-state index contributed by atoms with van der Waals surface area (Å²) >= 11 is 0. The number of aromatic amines is 1. The van der Waals surface area contributed by atoms with Crippen molar-refractivity contribution in [2.75, 3.05) is 6.61 Å². The number of hydrogen-bond acceptors (Lipinski definition) is 6. The zero-order valence-corrected chi connectivity index (χ0v) is 18.6. The first kappa shape index (κ1) is 21.6. The molecule has 4 aromatic rings. The van der Waals surface area contributed by atoms with Gasteiger partial charge in [-0.1, -0.05) is 13.8 Å². The second-order valence-electron chi connectivity index (χ2n) is 8.08. The maximum absolute atomic E-state index is 15.0. The van der Waals surface area contributed by atoms with Crippen molar-refractivity contribution in [3.63, 3.8) is 0 Å². The van der Waals surface area contributed by atoms with Crippen LogP contribution >= 0.6 is 0 Å². The summed E-state index contributed by atoms with van der Waals surface area (Å²) in [5, 5.41) is 4.65. The second kappa shape index (κ2) is 8.49. The Balaban J connectivity index is 1.58. The number of aryl methyl sites for hydroxylation is 2. The normalized spacial score (nSPS) is 12.5. The molecular weight excluding hydrogens is 415 g/mol. The number of aromatic nitrogens is 4. The third-order valence-corrected chi connectivity index (χ3v) is 5.05. The average molecular weight is 440 g/mol. The summed E-state index contributed by atoms with van der Waals surface area (Å²) < 4.78 is 33.6. The number of H-pyrrole nitrogens is 1. The van der Waals surface area contributed by atoms with Crippen LogP contribution < -0.4 is 9.47 Å². The number of nitrogens with zero attached hydrogens (tertiary/aromatic N) is 3. The van der Waals surface area contributed by atoms with Crippen LogP contribution in [0.2, 0.25) is 0 Å². The predicted octanol–water partition coefficient (Wildman–Crippen LogP) is 4.73.